The normalized spacial score (nSPS) is 12.5. The summed E-state index contributed by atoms with van der Waals surface area (Å²) in [6, 6.07) is 13.9. The second-order valence-corrected chi connectivity index (χ2v) is 6.65. The van der Waals surface area contributed by atoms with Crippen LogP contribution in [0.15, 0.2) is 54.6 Å². The average Bonchev–Trinajstić information content (AvgIpc) is 2.67. The van der Waals surface area contributed by atoms with Gasteiger partial charge in [0.25, 0.3) is 0 Å². The molecule has 3 aromatic rings. The van der Waals surface area contributed by atoms with Crippen LogP contribution >= 0.6 is 11.6 Å². The minimum atomic E-state index is -0.427. The minimum Gasteiger partial charge on any atom is -0.397 e. The predicted molar refractivity (Wildman–Crippen MR) is 103 cm³/mol. The van der Waals surface area contributed by atoms with Crippen LogP contribution in [0, 0.1) is 0 Å². The third-order valence-electron chi connectivity index (χ3n) is 4.64. The molecule has 0 saturated heterocycles. The average molecular weight is 377 g/mol. The molecule has 0 spiro atoms. The summed E-state index contributed by atoms with van der Waals surface area (Å²) in [7, 11) is 0. The zero-order chi connectivity index (χ0) is 19.3. The van der Waals surface area contributed by atoms with Crippen LogP contribution in [0.1, 0.15) is 47.8 Å². The quantitative estimate of drug-likeness (QED) is 0.411. The van der Waals surface area contributed by atoms with Gasteiger partial charge in [0, 0.05) is 32.8 Å². The highest BCUT2D eigenvalue weighted by atomic mass is 35.5. The Hall–Kier alpha value is -3.44. The number of carbonyl (C=O) groups excluding carboxylic acids is 3. The maximum Gasteiger partial charge on any atom is 0.196 e. The summed E-state index contributed by atoms with van der Waals surface area (Å²) in [6.45, 7) is 0. The molecular formula is C21H13ClN2O3. The van der Waals surface area contributed by atoms with Crippen LogP contribution in [0.4, 0.5) is 11.4 Å². The van der Waals surface area contributed by atoms with E-state index in [1.54, 1.807) is 30.3 Å². The van der Waals surface area contributed by atoms with Crippen LogP contribution in [-0.4, -0.2) is 17.3 Å². The SMILES string of the molecule is Nc1ccc2c(c1N)C(=O)c1cccc(C(=O)c3ccc(Cl)cc3)c1C2=O. The molecule has 5 nitrogen and oxygen atoms in total. The minimum absolute atomic E-state index is 0.0749. The lowest BCUT2D eigenvalue weighted by Gasteiger charge is -2.21. The molecule has 0 aliphatic heterocycles. The number of benzene rings is 3. The molecule has 1 aliphatic rings. The Balaban J connectivity index is 1.92. The number of ketones is 3. The van der Waals surface area contributed by atoms with Crippen molar-refractivity contribution >= 4 is 40.3 Å². The Kier molecular flexibility index (Phi) is 3.82. The zero-order valence-corrected chi connectivity index (χ0v) is 14.7. The third kappa shape index (κ3) is 2.52. The van der Waals surface area contributed by atoms with Gasteiger partial charge in [0.2, 0.25) is 0 Å². The molecule has 0 unspecified atom stereocenters. The Morgan fingerprint density at radius 1 is 0.778 bits per heavy atom. The lowest BCUT2D eigenvalue weighted by atomic mass is 9.79. The zero-order valence-electron chi connectivity index (χ0n) is 14.0. The molecule has 0 saturated carbocycles. The summed E-state index contributed by atoms with van der Waals surface area (Å²) in [5, 5.41) is 0.495. The van der Waals surface area contributed by atoms with E-state index >= 15 is 0 Å². The first kappa shape index (κ1) is 17.0. The number of anilines is 2. The Morgan fingerprint density at radius 3 is 2.11 bits per heavy atom. The van der Waals surface area contributed by atoms with Crippen molar-refractivity contribution in [3.8, 4) is 0 Å². The first-order valence-corrected chi connectivity index (χ1v) is 8.48. The lowest BCUT2D eigenvalue weighted by Crippen LogP contribution is -2.25. The number of rotatable bonds is 2. The first-order valence-electron chi connectivity index (χ1n) is 8.10. The molecule has 0 atom stereocenters. The number of nitrogen functional groups attached to an aromatic ring is 2. The molecule has 132 valence electrons. The Morgan fingerprint density at radius 2 is 1.41 bits per heavy atom. The Labute approximate surface area is 159 Å². The number of hydrogen-bond acceptors (Lipinski definition) is 5. The van der Waals surface area contributed by atoms with Gasteiger partial charge in [0.1, 0.15) is 0 Å². The lowest BCUT2D eigenvalue weighted by molar-refractivity contribution is 0.0971. The van der Waals surface area contributed by atoms with E-state index in [0.29, 0.717) is 10.6 Å². The molecule has 0 amide bonds. The van der Waals surface area contributed by atoms with E-state index in [9.17, 15) is 14.4 Å². The number of halogens is 1. The largest absolute Gasteiger partial charge is 0.397 e. The van der Waals surface area contributed by atoms with Gasteiger partial charge in [-0.25, -0.2) is 0 Å². The van der Waals surface area contributed by atoms with Gasteiger partial charge in [-0.1, -0.05) is 29.8 Å². The van der Waals surface area contributed by atoms with E-state index in [1.807, 2.05) is 0 Å². The number of nitrogens with two attached hydrogens (primary N) is 2. The van der Waals surface area contributed by atoms with Crippen LogP contribution in [0.5, 0.6) is 0 Å². The van der Waals surface area contributed by atoms with Crippen molar-refractivity contribution in [3.05, 3.63) is 93.0 Å². The number of carbonyl (C=O) groups is 3. The molecular weight excluding hydrogens is 364 g/mol. The van der Waals surface area contributed by atoms with Crippen LogP contribution in [0.25, 0.3) is 0 Å². The van der Waals surface area contributed by atoms with Gasteiger partial charge >= 0.3 is 0 Å². The molecule has 0 aromatic heterocycles. The van der Waals surface area contributed by atoms with Gasteiger partial charge in [-0.15, -0.1) is 0 Å². The monoisotopic (exact) mass is 376 g/mol. The fourth-order valence-corrected chi connectivity index (χ4v) is 3.40. The highest BCUT2D eigenvalue weighted by Gasteiger charge is 2.35. The molecule has 6 heteroatoms. The van der Waals surface area contributed by atoms with Crippen LogP contribution in [-0.2, 0) is 0 Å². The first-order chi connectivity index (χ1) is 12.9. The maximum absolute atomic E-state index is 13.1. The molecule has 3 aromatic carbocycles. The fraction of sp³-hybridized carbons (Fsp3) is 0. The summed E-state index contributed by atoms with van der Waals surface area (Å²) >= 11 is 5.87. The van der Waals surface area contributed by atoms with E-state index in [0.717, 1.165) is 0 Å². The van der Waals surface area contributed by atoms with Gasteiger partial charge in [0.05, 0.1) is 16.9 Å². The second-order valence-electron chi connectivity index (χ2n) is 6.21. The van der Waals surface area contributed by atoms with E-state index in [2.05, 4.69) is 0 Å². The standard InChI is InChI=1S/C21H13ClN2O3/c22-11-6-4-10(5-7-11)19(25)12-2-1-3-13-16(12)20(26)14-8-9-15(23)18(24)17(14)21(13)27/h1-9H,23-24H2. The molecule has 0 bridgehead atoms. The van der Waals surface area contributed by atoms with Crippen molar-refractivity contribution in [2.24, 2.45) is 0 Å². The van der Waals surface area contributed by atoms with E-state index in [1.165, 1.54) is 24.3 Å². The summed E-state index contributed by atoms with van der Waals surface area (Å²) in [5.41, 5.74) is 13.0. The van der Waals surface area contributed by atoms with E-state index < -0.39 is 11.6 Å². The van der Waals surface area contributed by atoms with Gasteiger partial charge in [-0.2, -0.15) is 0 Å². The van der Waals surface area contributed by atoms with Crippen LogP contribution in [0.3, 0.4) is 0 Å². The smallest absolute Gasteiger partial charge is 0.196 e. The Bertz CT molecular complexity index is 1150. The van der Waals surface area contributed by atoms with E-state index in [4.69, 9.17) is 23.1 Å². The van der Waals surface area contributed by atoms with Gasteiger partial charge in [-0.3, -0.25) is 14.4 Å². The van der Waals surface area contributed by atoms with Crippen molar-refractivity contribution < 1.29 is 14.4 Å². The summed E-state index contributed by atoms with van der Waals surface area (Å²) < 4.78 is 0. The summed E-state index contributed by atoms with van der Waals surface area (Å²) in [5.74, 6) is -1.21. The van der Waals surface area contributed by atoms with Gasteiger partial charge in [-0.05, 0) is 36.4 Å². The molecule has 0 fully saturated rings. The van der Waals surface area contributed by atoms with Crippen molar-refractivity contribution in [2.75, 3.05) is 11.5 Å². The van der Waals surface area contributed by atoms with Crippen LogP contribution < -0.4 is 11.5 Å². The molecule has 1 aliphatic carbocycles. The fourth-order valence-electron chi connectivity index (χ4n) is 3.27. The molecule has 4 N–H and O–H groups in total. The van der Waals surface area contributed by atoms with Crippen molar-refractivity contribution in [1.29, 1.82) is 0 Å². The molecule has 0 radical (unpaired) electrons. The van der Waals surface area contributed by atoms with Crippen LogP contribution in [0.2, 0.25) is 5.02 Å². The summed E-state index contributed by atoms with van der Waals surface area (Å²) in [4.78, 5) is 39.0. The molecule has 27 heavy (non-hydrogen) atoms. The highest BCUT2D eigenvalue weighted by molar-refractivity contribution is 6.34. The molecule has 0 heterocycles. The third-order valence-corrected chi connectivity index (χ3v) is 4.89. The van der Waals surface area contributed by atoms with Crippen molar-refractivity contribution in [2.45, 2.75) is 0 Å². The number of fused-ring (bicyclic) bond motifs is 2. The van der Waals surface area contributed by atoms with Gasteiger partial charge < -0.3 is 11.5 Å². The maximum atomic E-state index is 13.1. The summed E-state index contributed by atoms with van der Waals surface area (Å²) in [6.07, 6.45) is 0. The highest BCUT2D eigenvalue weighted by Crippen LogP contribution is 2.35. The number of hydrogen-bond donors (Lipinski definition) is 2. The predicted octanol–water partition coefficient (Wildman–Crippen LogP) is 3.51. The van der Waals surface area contributed by atoms with Crippen molar-refractivity contribution in [3.63, 3.8) is 0 Å². The topological polar surface area (TPSA) is 103 Å². The van der Waals surface area contributed by atoms with Crippen molar-refractivity contribution in [1.82, 2.24) is 0 Å². The van der Waals surface area contributed by atoms with E-state index in [-0.39, 0.29) is 45.0 Å². The second kappa shape index (κ2) is 6.07. The van der Waals surface area contributed by atoms with Gasteiger partial charge in [0.15, 0.2) is 17.3 Å². The molecule has 4 rings (SSSR count).